The van der Waals surface area contributed by atoms with Crippen molar-refractivity contribution in [2.24, 2.45) is 0 Å². The highest BCUT2D eigenvalue weighted by Crippen LogP contribution is 2.44. The van der Waals surface area contributed by atoms with Crippen molar-refractivity contribution < 1.29 is 57.2 Å². The standard InChI is InChI=1S/C29H39ClN6O6.C19H23ClN6O2.C17H26ClN3O4.C12H14ClN3O2.C7H10ClN3.C4H8O.2ClH/c1-16(2)19-21(31-15-32-22(19)35(25(39)41-27(3,4)5)26(40)42-28(6,7)8)33-18-14-17(30)20-23(37)34-29(36(20)24(18)38)12-10-9-11-13-29;1-10(2)13-15(21)22-9-23-16(13)24-12-8-11(20)14-17(27)25-19(26(14)18(12)28)6-4-3-5-7-19;1-10(2)11-12(18)19-9-20-13(11)21(14(22)24-16(3,4)5)15(23)25-17(6,7)8;13-7-6-8(14)11(18)16-9(7)10(17)15-12(16)4-2-1-3-5-12;1-4(2)5-6(8)10-3-11-7(5)9;1-2-4-5-3-1;;/h14-16H,9-13H2,1-8H3,(H,34,37)(H,31,32,33);8-10H,3-7H2,1-2H3,(H,25,27)(H3,21,22,23,24);9-10H,1-8H3;6H,1-5,14H2,(H,15,17);3-4H,1-2H3,(H2,9,10,11);1-4H2;2*1H. The van der Waals surface area contributed by atoms with Crippen molar-refractivity contribution in [3.8, 4) is 0 Å². The van der Waals surface area contributed by atoms with Crippen LogP contribution in [0.3, 0.4) is 0 Å². The predicted octanol–water partition coefficient (Wildman–Crippen LogP) is 19.1. The highest BCUT2D eigenvalue weighted by Gasteiger charge is 2.50. The Morgan fingerprint density at radius 2 is 0.679 bits per heavy atom. The van der Waals surface area contributed by atoms with Gasteiger partial charge in [0.1, 0.15) is 127 Å². The second-order valence-corrected chi connectivity index (χ2v) is 39.4. The molecule has 0 unspecified atom stereocenters. The Balaban J connectivity index is 0.000000231. The van der Waals surface area contributed by atoms with E-state index in [1.807, 2.05) is 55.4 Å². The normalized spacial score (nSPS) is 15.9. The SMILES string of the molecule is C1CCOC1.CC(C)c1c(Cl)ncnc1N(C(=O)OC(C)(C)C)C(=O)OC(C)(C)C.CC(C)c1c(N)ncnc1Cl.CC(C)c1c(N)ncnc1Nc1cc(Cl)c2n(c1=O)C1(CCCCC1)NC2=O.CC(C)c1c(Nc2cc(Cl)c3n(c2=O)C2(CCCCC2)NC3=O)ncnc1N(C(=O)OC(C)(C)C)C(=O)OC(C)(C)C.Cl.Cl.Nc1cc(Cl)c2n(c1=O)C1(CCCCC1)NC2=O. The summed E-state index contributed by atoms with van der Waals surface area (Å²) in [6.45, 7) is 37.6. The van der Waals surface area contributed by atoms with E-state index in [0.29, 0.717) is 59.4 Å². The number of imide groups is 2. The fourth-order valence-electron chi connectivity index (χ4n) is 16.0. The summed E-state index contributed by atoms with van der Waals surface area (Å²) < 4.78 is 31.2. The largest absolute Gasteiger partial charge is 0.443 e. The molecule has 36 nitrogen and oxygen atoms in total. The van der Waals surface area contributed by atoms with Crippen LogP contribution in [0.2, 0.25) is 25.4 Å². The van der Waals surface area contributed by atoms with E-state index < -0.39 is 69.3 Å². The van der Waals surface area contributed by atoms with Gasteiger partial charge in [-0.05, 0) is 215 Å². The summed E-state index contributed by atoms with van der Waals surface area (Å²) in [7, 11) is 0. The average Bonchev–Trinajstić information content (AvgIpc) is 1.59. The van der Waals surface area contributed by atoms with Crippen molar-refractivity contribution in [3.05, 3.63) is 139 Å². The van der Waals surface area contributed by atoms with Crippen LogP contribution < -0.4 is 70.3 Å². The number of nitrogen functional groups attached to an aromatic ring is 3. The number of aromatic nitrogens is 11. The molecule has 0 aromatic carbocycles. The number of nitrogens with one attached hydrogen (secondary N) is 5. The summed E-state index contributed by atoms with van der Waals surface area (Å²) in [5.74, 6) is 0.368. The average molecular weight is 1960 g/mol. The second-order valence-electron chi connectivity index (χ2n) is 37.5. The third kappa shape index (κ3) is 25.9. The Bertz CT molecular complexity index is 5440. The number of fused-ring (bicyclic) bond motifs is 6. The molecule has 43 heteroatoms. The Hall–Kier alpha value is -9.95. The zero-order valence-corrected chi connectivity index (χ0v) is 83.1. The lowest BCUT2D eigenvalue weighted by Gasteiger charge is -2.35. The van der Waals surface area contributed by atoms with Gasteiger partial charge in [-0.2, -0.15) is 9.80 Å². The number of pyridine rings is 3. The molecule has 14 rings (SSSR count). The van der Waals surface area contributed by atoms with Crippen molar-refractivity contribution in [1.82, 2.24) is 69.5 Å². The van der Waals surface area contributed by atoms with Crippen LogP contribution in [0.5, 0.6) is 0 Å². The summed E-state index contributed by atoms with van der Waals surface area (Å²) in [6.07, 6.45) is 16.9. The summed E-state index contributed by atoms with van der Waals surface area (Å²) in [5.41, 5.74) is 14.0. The van der Waals surface area contributed by atoms with Gasteiger partial charge in [-0.3, -0.25) is 42.5 Å². The molecule has 7 aliphatic rings. The van der Waals surface area contributed by atoms with Crippen molar-refractivity contribution in [3.63, 3.8) is 0 Å². The number of anilines is 9. The van der Waals surface area contributed by atoms with Crippen molar-refractivity contribution in [2.75, 3.05) is 50.8 Å². The first-order valence-corrected chi connectivity index (χ1v) is 45.0. The molecule has 3 aliphatic carbocycles. The number of carbonyl (C=O) groups excluding carboxylic acids is 7. The number of ether oxygens (including phenoxy) is 5. The van der Waals surface area contributed by atoms with E-state index in [1.165, 1.54) is 65.5 Å². The van der Waals surface area contributed by atoms with E-state index >= 15 is 0 Å². The molecule has 7 amide bonds. The van der Waals surface area contributed by atoms with Gasteiger partial charge in [0.05, 0.1) is 20.8 Å². The third-order valence-electron chi connectivity index (χ3n) is 21.3. The van der Waals surface area contributed by atoms with Crippen LogP contribution in [-0.4, -0.2) is 131 Å². The van der Waals surface area contributed by atoms with E-state index in [2.05, 4.69) is 66.5 Å². The molecule has 11 N–H and O–H groups in total. The summed E-state index contributed by atoms with van der Waals surface area (Å²) in [4.78, 5) is 163. The molecule has 4 fully saturated rings. The first-order chi connectivity index (χ1) is 60.2. The van der Waals surface area contributed by atoms with E-state index in [1.54, 1.807) is 87.7 Å². The molecule has 7 aromatic rings. The van der Waals surface area contributed by atoms with Crippen LogP contribution in [0.4, 0.5) is 71.1 Å². The lowest BCUT2D eigenvalue weighted by atomic mass is 9.89. The maximum atomic E-state index is 13.9. The number of hydrogen-bond acceptors (Lipinski definition) is 28. The zero-order chi connectivity index (χ0) is 95.7. The van der Waals surface area contributed by atoms with Crippen LogP contribution in [0.15, 0.2) is 57.9 Å². The first-order valence-electron chi connectivity index (χ1n) is 43.1. The smallest absolute Gasteiger partial charge is 0.425 e. The van der Waals surface area contributed by atoms with E-state index in [9.17, 15) is 47.9 Å². The lowest BCUT2D eigenvalue weighted by Crippen LogP contribution is -2.48. The van der Waals surface area contributed by atoms with Gasteiger partial charge in [-0.1, -0.05) is 133 Å². The topological polar surface area (TPSA) is 479 Å². The van der Waals surface area contributed by atoms with Gasteiger partial charge in [-0.25, -0.2) is 59.0 Å². The maximum Gasteiger partial charge on any atom is 0.425 e. The van der Waals surface area contributed by atoms with Crippen LogP contribution >= 0.6 is 82.8 Å². The third-order valence-corrected chi connectivity index (χ3v) is 22.8. The van der Waals surface area contributed by atoms with Gasteiger partial charge in [0.25, 0.3) is 34.4 Å². The van der Waals surface area contributed by atoms with E-state index in [4.69, 9.17) is 98.9 Å². The number of amides is 7. The number of nitrogens with two attached hydrogens (primary N) is 3. The van der Waals surface area contributed by atoms with E-state index in [0.717, 1.165) is 105 Å². The number of halogens is 7. The number of rotatable bonds is 10. The fraction of sp³-hybridized carbons (Fsp3) is 0.568. The van der Waals surface area contributed by atoms with Crippen molar-refractivity contribution in [2.45, 2.75) is 311 Å². The Kier molecular flexibility index (Phi) is 36.5. The molecule has 3 spiro atoms. The highest BCUT2D eigenvalue weighted by molar-refractivity contribution is 6.35. The first kappa shape index (κ1) is 108. The Labute approximate surface area is 799 Å². The minimum Gasteiger partial charge on any atom is -0.443 e. The molecular formula is C88H122Cl7N21O15. The summed E-state index contributed by atoms with van der Waals surface area (Å²) in [6, 6.07) is 4.24. The van der Waals surface area contributed by atoms with Gasteiger partial charge in [0, 0.05) is 35.5 Å². The summed E-state index contributed by atoms with van der Waals surface area (Å²) >= 11 is 31.0. The molecule has 3 saturated carbocycles. The summed E-state index contributed by atoms with van der Waals surface area (Å²) in [5, 5.41) is 16.3. The molecule has 7 aromatic heterocycles. The Morgan fingerprint density at radius 1 is 0.397 bits per heavy atom. The maximum absolute atomic E-state index is 13.9. The van der Waals surface area contributed by atoms with Gasteiger partial charge in [-0.15, -0.1) is 24.8 Å². The lowest BCUT2D eigenvalue weighted by molar-refractivity contribution is 0.0406. The van der Waals surface area contributed by atoms with Crippen LogP contribution in [0, 0.1) is 0 Å². The molecule has 4 aliphatic heterocycles. The zero-order valence-electron chi connectivity index (χ0n) is 77.7. The minimum atomic E-state index is -0.979. The molecule has 131 heavy (non-hydrogen) atoms. The van der Waals surface area contributed by atoms with Gasteiger partial charge >= 0.3 is 24.4 Å². The van der Waals surface area contributed by atoms with E-state index in [-0.39, 0.29) is 149 Å². The minimum absolute atomic E-state index is 0. The Morgan fingerprint density at radius 3 is 0.985 bits per heavy atom. The van der Waals surface area contributed by atoms with Crippen LogP contribution in [-0.2, 0) is 40.7 Å². The number of nitrogens with zero attached hydrogens (tertiary/aromatic N) is 13. The van der Waals surface area contributed by atoms with Gasteiger partial charge in [0.2, 0.25) is 0 Å². The molecule has 0 radical (unpaired) electrons. The molecule has 11 heterocycles. The highest BCUT2D eigenvalue weighted by atomic mass is 35.5. The fourth-order valence-corrected chi connectivity index (χ4v) is 17.5. The second kappa shape index (κ2) is 44.3. The van der Waals surface area contributed by atoms with Gasteiger partial charge < -0.3 is 67.5 Å². The van der Waals surface area contributed by atoms with Crippen LogP contribution in [0.1, 0.15) is 325 Å². The van der Waals surface area contributed by atoms with Gasteiger partial charge in [0.15, 0.2) is 11.6 Å². The number of hydrogen-bond donors (Lipinski definition) is 8. The predicted molar refractivity (Wildman–Crippen MR) is 511 cm³/mol. The number of carbonyl (C=O) groups is 7. The van der Waals surface area contributed by atoms with Crippen molar-refractivity contribution in [1.29, 1.82) is 0 Å². The molecule has 0 bridgehead atoms. The molecular weight excluding hydrogens is 1840 g/mol. The quantitative estimate of drug-likeness (QED) is 0.0466. The monoisotopic (exact) mass is 1960 g/mol. The van der Waals surface area contributed by atoms with Crippen molar-refractivity contribution >= 4 is 177 Å². The molecule has 1 saturated heterocycles. The molecule has 718 valence electrons. The molecule has 0 atom stereocenters. The van der Waals surface area contributed by atoms with Crippen LogP contribution in [0.25, 0.3) is 0 Å².